The maximum absolute atomic E-state index is 3.75. The molecule has 1 saturated carbocycles. The summed E-state index contributed by atoms with van der Waals surface area (Å²) in [7, 11) is 0. The van der Waals surface area contributed by atoms with E-state index < -0.39 is 0 Å². The van der Waals surface area contributed by atoms with E-state index in [0.29, 0.717) is 12.0 Å². The molecule has 0 radical (unpaired) electrons. The highest BCUT2D eigenvalue weighted by molar-refractivity contribution is 5.46. The molecule has 0 amide bonds. The number of hydrogen-bond acceptors (Lipinski definition) is 1. The quantitative estimate of drug-likeness (QED) is 0.759. The van der Waals surface area contributed by atoms with E-state index in [1.165, 1.54) is 36.9 Å². The molecule has 0 spiro atoms. The lowest BCUT2D eigenvalue weighted by molar-refractivity contribution is 0.253. The topological polar surface area (TPSA) is 12.0 Å². The molecule has 0 aromatic heterocycles. The largest absolute Gasteiger partial charge is 0.382 e. The third kappa shape index (κ3) is 3.52. The van der Waals surface area contributed by atoms with Gasteiger partial charge in [-0.25, -0.2) is 0 Å². The molecule has 4 atom stereocenters. The second kappa shape index (κ2) is 6.45. The fourth-order valence-electron chi connectivity index (χ4n) is 3.14. The predicted molar refractivity (Wildman–Crippen MR) is 84.7 cm³/mol. The summed E-state index contributed by atoms with van der Waals surface area (Å²) in [6.45, 7) is 9.34. The third-order valence-corrected chi connectivity index (χ3v) is 5.15. The lowest BCUT2D eigenvalue weighted by Gasteiger charge is -2.35. The van der Waals surface area contributed by atoms with Gasteiger partial charge in [0.05, 0.1) is 0 Å². The minimum atomic E-state index is 0.651. The van der Waals surface area contributed by atoms with E-state index >= 15 is 0 Å². The molecule has 4 unspecified atom stereocenters. The van der Waals surface area contributed by atoms with E-state index in [9.17, 15) is 0 Å². The first-order valence-electron chi connectivity index (χ1n) is 7.98. The van der Waals surface area contributed by atoms with E-state index in [1.807, 2.05) is 0 Å². The highest BCUT2D eigenvalue weighted by Crippen LogP contribution is 2.31. The SMILES string of the molecule is CCC(C)c1ccc(NC2CCCC(C)C2C)cc1. The van der Waals surface area contributed by atoms with Crippen molar-refractivity contribution in [2.24, 2.45) is 11.8 Å². The molecule has 1 aromatic carbocycles. The number of anilines is 1. The fraction of sp³-hybridized carbons (Fsp3) is 0.667. The first-order valence-corrected chi connectivity index (χ1v) is 7.98. The molecule has 0 heterocycles. The smallest absolute Gasteiger partial charge is 0.0342 e. The Morgan fingerprint density at radius 3 is 2.47 bits per heavy atom. The van der Waals surface area contributed by atoms with Gasteiger partial charge in [-0.05, 0) is 48.3 Å². The van der Waals surface area contributed by atoms with Gasteiger partial charge in [-0.3, -0.25) is 0 Å². The zero-order chi connectivity index (χ0) is 13.8. The molecule has 1 nitrogen and oxygen atoms in total. The van der Waals surface area contributed by atoms with E-state index in [-0.39, 0.29) is 0 Å². The Balaban J connectivity index is 1.99. The van der Waals surface area contributed by atoms with Gasteiger partial charge in [-0.2, -0.15) is 0 Å². The number of hydrogen-bond donors (Lipinski definition) is 1. The van der Waals surface area contributed by atoms with Crippen LogP contribution in [0.15, 0.2) is 24.3 Å². The van der Waals surface area contributed by atoms with E-state index in [0.717, 1.165) is 11.8 Å². The van der Waals surface area contributed by atoms with Gasteiger partial charge in [0.15, 0.2) is 0 Å². The van der Waals surface area contributed by atoms with Gasteiger partial charge in [0.25, 0.3) is 0 Å². The van der Waals surface area contributed by atoms with Crippen LogP contribution in [0.3, 0.4) is 0 Å². The molecule has 0 aliphatic heterocycles. The van der Waals surface area contributed by atoms with Crippen LogP contribution in [0.25, 0.3) is 0 Å². The third-order valence-electron chi connectivity index (χ3n) is 5.15. The molecular weight excluding hydrogens is 230 g/mol. The monoisotopic (exact) mass is 259 g/mol. The Morgan fingerprint density at radius 1 is 1.16 bits per heavy atom. The Labute approximate surface area is 118 Å². The summed E-state index contributed by atoms with van der Waals surface area (Å²) in [6, 6.07) is 9.74. The highest BCUT2D eigenvalue weighted by atomic mass is 14.9. The molecule has 1 aromatic rings. The maximum Gasteiger partial charge on any atom is 0.0342 e. The highest BCUT2D eigenvalue weighted by Gasteiger charge is 2.26. The average molecular weight is 259 g/mol. The molecular formula is C18H29N. The number of nitrogens with one attached hydrogen (secondary N) is 1. The summed E-state index contributed by atoms with van der Waals surface area (Å²) < 4.78 is 0. The minimum Gasteiger partial charge on any atom is -0.382 e. The molecule has 1 N–H and O–H groups in total. The van der Waals surface area contributed by atoms with Crippen LogP contribution in [-0.2, 0) is 0 Å². The molecule has 1 heteroatoms. The fourth-order valence-corrected chi connectivity index (χ4v) is 3.14. The van der Waals surface area contributed by atoms with Gasteiger partial charge in [-0.15, -0.1) is 0 Å². The Bertz CT molecular complexity index is 381. The zero-order valence-corrected chi connectivity index (χ0v) is 12.9. The van der Waals surface area contributed by atoms with Crippen molar-refractivity contribution in [2.75, 3.05) is 5.32 Å². The summed E-state index contributed by atoms with van der Waals surface area (Å²) >= 11 is 0. The van der Waals surface area contributed by atoms with Gasteiger partial charge < -0.3 is 5.32 Å². The van der Waals surface area contributed by atoms with Crippen LogP contribution in [0.1, 0.15) is 64.9 Å². The van der Waals surface area contributed by atoms with Gasteiger partial charge in [0.2, 0.25) is 0 Å². The molecule has 1 aliphatic carbocycles. The van der Waals surface area contributed by atoms with Crippen molar-refractivity contribution in [2.45, 2.75) is 65.3 Å². The van der Waals surface area contributed by atoms with Gasteiger partial charge >= 0.3 is 0 Å². The predicted octanol–water partition coefficient (Wildman–Crippen LogP) is 5.44. The van der Waals surface area contributed by atoms with Gasteiger partial charge in [0.1, 0.15) is 0 Å². The Morgan fingerprint density at radius 2 is 1.84 bits per heavy atom. The zero-order valence-electron chi connectivity index (χ0n) is 12.9. The van der Waals surface area contributed by atoms with Crippen molar-refractivity contribution in [3.05, 3.63) is 29.8 Å². The number of benzene rings is 1. The van der Waals surface area contributed by atoms with Crippen LogP contribution in [0.5, 0.6) is 0 Å². The molecule has 0 saturated heterocycles. The molecule has 2 rings (SSSR count). The summed E-state index contributed by atoms with van der Waals surface area (Å²) in [4.78, 5) is 0. The Kier molecular flexibility index (Phi) is 4.90. The standard InChI is InChI=1S/C18H29N/c1-5-13(2)16-9-11-17(12-10-16)19-18-8-6-7-14(3)15(18)4/h9-15,18-19H,5-8H2,1-4H3. The van der Waals surface area contributed by atoms with E-state index in [2.05, 4.69) is 57.3 Å². The minimum absolute atomic E-state index is 0.651. The van der Waals surface area contributed by atoms with E-state index in [4.69, 9.17) is 0 Å². The average Bonchev–Trinajstić information content (AvgIpc) is 2.44. The van der Waals surface area contributed by atoms with Crippen LogP contribution in [0.4, 0.5) is 5.69 Å². The second-order valence-electron chi connectivity index (χ2n) is 6.45. The first kappa shape index (κ1) is 14.4. The maximum atomic E-state index is 3.75. The van der Waals surface area contributed by atoms with Crippen LogP contribution in [0, 0.1) is 11.8 Å². The molecule has 106 valence electrons. The molecule has 19 heavy (non-hydrogen) atoms. The van der Waals surface area contributed by atoms with Crippen LogP contribution in [-0.4, -0.2) is 6.04 Å². The Hall–Kier alpha value is -0.980. The summed E-state index contributed by atoms with van der Waals surface area (Å²) in [5.74, 6) is 2.30. The van der Waals surface area contributed by atoms with Crippen molar-refractivity contribution in [1.29, 1.82) is 0 Å². The summed E-state index contributed by atoms with van der Waals surface area (Å²) in [6.07, 6.45) is 5.29. The lowest BCUT2D eigenvalue weighted by Crippen LogP contribution is -2.34. The van der Waals surface area contributed by atoms with Crippen LogP contribution >= 0.6 is 0 Å². The molecule has 0 bridgehead atoms. The summed E-state index contributed by atoms with van der Waals surface area (Å²) in [5, 5.41) is 3.75. The van der Waals surface area contributed by atoms with Crippen molar-refractivity contribution in [3.63, 3.8) is 0 Å². The van der Waals surface area contributed by atoms with Crippen LogP contribution < -0.4 is 5.32 Å². The van der Waals surface area contributed by atoms with Crippen molar-refractivity contribution in [1.82, 2.24) is 0 Å². The molecule has 1 fully saturated rings. The second-order valence-corrected chi connectivity index (χ2v) is 6.45. The van der Waals surface area contributed by atoms with Crippen LogP contribution in [0.2, 0.25) is 0 Å². The van der Waals surface area contributed by atoms with Gasteiger partial charge in [0, 0.05) is 11.7 Å². The first-order chi connectivity index (χ1) is 9.11. The molecule has 1 aliphatic rings. The van der Waals surface area contributed by atoms with Crippen molar-refractivity contribution < 1.29 is 0 Å². The van der Waals surface area contributed by atoms with Gasteiger partial charge in [-0.1, -0.05) is 52.7 Å². The van der Waals surface area contributed by atoms with Crippen molar-refractivity contribution >= 4 is 5.69 Å². The summed E-state index contributed by atoms with van der Waals surface area (Å²) in [5.41, 5.74) is 2.75. The van der Waals surface area contributed by atoms with Crippen molar-refractivity contribution in [3.8, 4) is 0 Å². The number of rotatable bonds is 4. The lowest BCUT2D eigenvalue weighted by atomic mass is 9.78. The van der Waals surface area contributed by atoms with E-state index in [1.54, 1.807) is 0 Å². The normalized spacial score (nSPS) is 28.9.